The van der Waals surface area contributed by atoms with Crippen molar-refractivity contribution in [3.63, 3.8) is 0 Å². The molecule has 0 rings (SSSR count). The highest BCUT2D eigenvalue weighted by atomic mass is 16.4. The standard InChI is InChI=1S/C15H22O4/c1-3-5-6-7-8-9-10-12(16)11-13(15(18)19)14(17)4-2/h4,11H,2-3,5-10H2,1H3,(H,18,19). The van der Waals surface area contributed by atoms with E-state index in [1.807, 2.05) is 0 Å². The smallest absolute Gasteiger partial charge is 0.339 e. The van der Waals surface area contributed by atoms with E-state index >= 15 is 0 Å². The largest absolute Gasteiger partial charge is 0.478 e. The van der Waals surface area contributed by atoms with Crippen molar-refractivity contribution in [2.45, 2.75) is 51.9 Å². The Kier molecular flexibility index (Phi) is 9.31. The summed E-state index contributed by atoms with van der Waals surface area (Å²) in [5.41, 5.74) is -0.508. The number of rotatable bonds is 11. The van der Waals surface area contributed by atoms with Crippen LogP contribution in [0, 0.1) is 0 Å². The number of hydrogen-bond acceptors (Lipinski definition) is 3. The van der Waals surface area contributed by atoms with E-state index in [9.17, 15) is 14.4 Å². The van der Waals surface area contributed by atoms with Crippen molar-refractivity contribution >= 4 is 17.5 Å². The lowest BCUT2D eigenvalue weighted by molar-refractivity contribution is -0.134. The maximum absolute atomic E-state index is 11.5. The van der Waals surface area contributed by atoms with Crippen LogP contribution in [0.25, 0.3) is 0 Å². The van der Waals surface area contributed by atoms with Gasteiger partial charge in [0, 0.05) is 6.42 Å². The summed E-state index contributed by atoms with van der Waals surface area (Å²) in [6.07, 6.45) is 8.41. The first-order chi connectivity index (χ1) is 9.02. The maximum atomic E-state index is 11.5. The van der Waals surface area contributed by atoms with E-state index in [2.05, 4.69) is 13.5 Å². The average Bonchev–Trinajstić information content (AvgIpc) is 2.38. The molecule has 0 aliphatic heterocycles. The fraction of sp³-hybridized carbons (Fsp3) is 0.533. The van der Waals surface area contributed by atoms with Crippen LogP contribution >= 0.6 is 0 Å². The van der Waals surface area contributed by atoms with Gasteiger partial charge in [-0.3, -0.25) is 9.59 Å². The molecule has 0 radical (unpaired) electrons. The van der Waals surface area contributed by atoms with Crippen LogP contribution in [0.1, 0.15) is 51.9 Å². The Morgan fingerprint density at radius 3 is 2.16 bits per heavy atom. The molecule has 0 aromatic heterocycles. The number of ketones is 2. The lowest BCUT2D eigenvalue weighted by atomic mass is 10.0. The summed E-state index contributed by atoms with van der Waals surface area (Å²) in [5, 5.41) is 8.80. The molecule has 0 saturated carbocycles. The van der Waals surface area contributed by atoms with Crippen LogP contribution in [0.2, 0.25) is 0 Å². The molecule has 0 bridgehead atoms. The van der Waals surface area contributed by atoms with Gasteiger partial charge in [0.05, 0.1) is 0 Å². The minimum Gasteiger partial charge on any atom is -0.478 e. The van der Waals surface area contributed by atoms with Gasteiger partial charge >= 0.3 is 5.97 Å². The number of carbonyl (C=O) groups is 3. The van der Waals surface area contributed by atoms with Crippen molar-refractivity contribution in [3.8, 4) is 0 Å². The summed E-state index contributed by atoms with van der Waals surface area (Å²) < 4.78 is 0. The minimum absolute atomic E-state index is 0.285. The summed E-state index contributed by atoms with van der Waals surface area (Å²) in [4.78, 5) is 33.6. The molecule has 0 saturated heterocycles. The summed E-state index contributed by atoms with van der Waals surface area (Å²) in [5.74, 6) is -2.44. The molecule has 0 spiro atoms. The monoisotopic (exact) mass is 266 g/mol. The SMILES string of the molecule is C=CC(=O)C(=CC(=O)CCCCCCCC)C(=O)O. The molecule has 19 heavy (non-hydrogen) atoms. The number of aliphatic carboxylic acids is 1. The summed E-state index contributed by atoms with van der Waals surface area (Å²) in [6.45, 7) is 5.35. The molecule has 0 aromatic rings. The quantitative estimate of drug-likeness (QED) is 0.270. The van der Waals surface area contributed by atoms with Crippen LogP contribution in [0.3, 0.4) is 0 Å². The van der Waals surface area contributed by atoms with Gasteiger partial charge in [-0.25, -0.2) is 4.79 Å². The Morgan fingerprint density at radius 1 is 1.05 bits per heavy atom. The lowest BCUT2D eigenvalue weighted by Gasteiger charge is -2.00. The first-order valence-corrected chi connectivity index (χ1v) is 6.67. The molecule has 0 aliphatic rings. The molecular formula is C15H22O4. The van der Waals surface area contributed by atoms with Crippen molar-refractivity contribution in [3.05, 3.63) is 24.3 Å². The van der Waals surface area contributed by atoms with E-state index in [0.717, 1.165) is 37.8 Å². The summed E-state index contributed by atoms with van der Waals surface area (Å²) in [7, 11) is 0. The Balaban J connectivity index is 4.15. The van der Waals surface area contributed by atoms with Crippen LogP contribution in [0.4, 0.5) is 0 Å². The van der Waals surface area contributed by atoms with E-state index in [0.29, 0.717) is 0 Å². The third-order valence-corrected chi connectivity index (χ3v) is 2.76. The molecule has 0 aromatic carbocycles. The second-order valence-electron chi connectivity index (χ2n) is 4.42. The third kappa shape index (κ3) is 8.08. The average molecular weight is 266 g/mol. The normalized spacial score (nSPS) is 11.1. The Morgan fingerprint density at radius 2 is 1.63 bits per heavy atom. The number of allylic oxidation sites excluding steroid dienone is 2. The topological polar surface area (TPSA) is 71.4 Å². The minimum atomic E-state index is -1.39. The van der Waals surface area contributed by atoms with Gasteiger partial charge in [-0.2, -0.15) is 0 Å². The van der Waals surface area contributed by atoms with Crippen molar-refractivity contribution in [2.24, 2.45) is 0 Å². The zero-order chi connectivity index (χ0) is 14.7. The molecule has 0 unspecified atom stereocenters. The fourth-order valence-electron chi connectivity index (χ4n) is 1.66. The van der Waals surface area contributed by atoms with Gasteiger partial charge in [0.25, 0.3) is 0 Å². The molecular weight excluding hydrogens is 244 g/mol. The van der Waals surface area contributed by atoms with E-state index < -0.39 is 17.3 Å². The van der Waals surface area contributed by atoms with E-state index in [1.54, 1.807) is 0 Å². The molecule has 0 atom stereocenters. The van der Waals surface area contributed by atoms with Crippen LogP contribution in [-0.4, -0.2) is 22.6 Å². The molecule has 0 fully saturated rings. The Labute approximate surface area is 114 Å². The molecule has 0 heterocycles. The van der Waals surface area contributed by atoms with Crippen LogP contribution in [0.15, 0.2) is 24.3 Å². The number of unbranched alkanes of at least 4 members (excludes halogenated alkanes) is 5. The first-order valence-electron chi connectivity index (χ1n) is 6.67. The summed E-state index contributed by atoms with van der Waals surface area (Å²) in [6, 6.07) is 0. The van der Waals surface area contributed by atoms with Crippen molar-refractivity contribution in [1.82, 2.24) is 0 Å². The fourth-order valence-corrected chi connectivity index (χ4v) is 1.66. The number of carboxylic acids is 1. The van der Waals surface area contributed by atoms with E-state index in [4.69, 9.17) is 5.11 Å². The van der Waals surface area contributed by atoms with E-state index in [-0.39, 0.29) is 12.2 Å². The van der Waals surface area contributed by atoms with Gasteiger partial charge < -0.3 is 5.11 Å². The third-order valence-electron chi connectivity index (χ3n) is 2.76. The summed E-state index contributed by atoms with van der Waals surface area (Å²) >= 11 is 0. The highest BCUT2D eigenvalue weighted by Gasteiger charge is 2.15. The molecule has 1 N–H and O–H groups in total. The number of hydrogen-bond donors (Lipinski definition) is 1. The van der Waals surface area contributed by atoms with Crippen LogP contribution in [0.5, 0.6) is 0 Å². The highest BCUT2D eigenvalue weighted by molar-refractivity contribution is 6.23. The van der Waals surface area contributed by atoms with Crippen molar-refractivity contribution < 1.29 is 19.5 Å². The highest BCUT2D eigenvalue weighted by Crippen LogP contribution is 2.08. The molecule has 4 nitrogen and oxygen atoms in total. The zero-order valence-corrected chi connectivity index (χ0v) is 11.5. The number of carbonyl (C=O) groups excluding carboxylic acids is 2. The van der Waals surface area contributed by atoms with Gasteiger partial charge in [0.1, 0.15) is 5.57 Å². The molecule has 106 valence electrons. The second-order valence-corrected chi connectivity index (χ2v) is 4.42. The molecule has 0 amide bonds. The van der Waals surface area contributed by atoms with Crippen LogP contribution in [-0.2, 0) is 14.4 Å². The van der Waals surface area contributed by atoms with Gasteiger partial charge in [0.2, 0.25) is 0 Å². The predicted octanol–water partition coefficient (Wildman–Crippen LogP) is 3.07. The zero-order valence-electron chi connectivity index (χ0n) is 11.5. The maximum Gasteiger partial charge on any atom is 0.339 e. The van der Waals surface area contributed by atoms with Gasteiger partial charge in [0.15, 0.2) is 11.6 Å². The Hall–Kier alpha value is -1.71. The van der Waals surface area contributed by atoms with Gasteiger partial charge in [-0.05, 0) is 18.6 Å². The molecule has 0 aliphatic carbocycles. The van der Waals surface area contributed by atoms with Crippen LogP contribution < -0.4 is 0 Å². The lowest BCUT2D eigenvalue weighted by Crippen LogP contribution is -2.12. The predicted molar refractivity (Wildman–Crippen MR) is 73.9 cm³/mol. The second kappa shape index (κ2) is 10.2. The van der Waals surface area contributed by atoms with E-state index in [1.165, 1.54) is 12.8 Å². The Bertz CT molecular complexity index is 366. The number of carboxylic acid groups (broad SMARTS) is 1. The van der Waals surface area contributed by atoms with Crippen molar-refractivity contribution in [1.29, 1.82) is 0 Å². The van der Waals surface area contributed by atoms with Gasteiger partial charge in [-0.15, -0.1) is 0 Å². The van der Waals surface area contributed by atoms with Gasteiger partial charge in [-0.1, -0.05) is 45.6 Å². The molecule has 4 heteroatoms. The first kappa shape index (κ1) is 17.3. The van der Waals surface area contributed by atoms with Crippen molar-refractivity contribution in [2.75, 3.05) is 0 Å².